The number of aromatic amines is 1. The van der Waals surface area contributed by atoms with Gasteiger partial charge in [0, 0.05) is 17.8 Å². The van der Waals surface area contributed by atoms with Crippen molar-refractivity contribution in [3.8, 4) is 0 Å². The van der Waals surface area contributed by atoms with Crippen LogP contribution in [-0.4, -0.2) is 21.1 Å². The smallest absolute Gasteiger partial charge is 0.255 e. The summed E-state index contributed by atoms with van der Waals surface area (Å²) >= 11 is 0. The Labute approximate surface area is 126 Å². The zero-order chi connectivity index (χ0) is 15.1. The number of nitrogens with two attached hydrogens (primary N) is 1. The van der Waals surface area contributed by atoms with Gasteiger partial charge in [0.25, 0.3) is 5.91 Å². The Morgan fingerprint density at radius 3 is 3.18 bits per heavy atom. The SMILES string of the molecule is N[C@H]1CCc2cc(C(=O)Nc3ccnc4[nH]ncc34)ccc21. The Hall–Kier alpha value is -2.73. The summed E-state index contributed by atoms with van der Waals surface area (Å²) < 4.78 is 0. The summed E-state index contributed by atoms with van der Waals surface area (Å²) in [6.07, 6.45) is 5.16. The van der Waals surface area contributed by atoms with Crippen LogP contribution in [0.1, 0.15) is 33.9 Å². The zero-order valence-electron chi connectivity index (χ0n) is 11.8. The molecule has 2 heterocycles. The van der Waals surface area contributed by atoms with Crippen LogP contribution >= 0.6 is 0 Å². The summed E-state index contributed by atoms with van der Waals surface area (Å²) in [6, 6.07) is 7.58. The van der Waals surface area contributed by atoms with Crippen LogP contribution in [0.25, 0.3) is 11.0 Å². The highest BCUT2D eigenvalue weighted by atomic mass is 16.1. The number of nitrogens with one attached hydrogen (secondary N) is 2. The van der Waals surface area contributed by atoms with Gasteiger partial charge in [-0.1, -0.05) is 6.07 Å². The van der Waals surface area contributed by atoms with E-state index in [9.17, 15) is 4.79 Å². The lowest BCUT2D eigenvalue weighted by Crippen LogP contribution is -2.13. The van der Waals surface area contributed by atoms with Crippen molar-refractivity contribution >= 4 is 22.6 Å². The molecule has 0 saturated carbocycles. The number of hydrogen-bond acceptors (Lipinski definition) is 4. The molecule has 0 saturated heterocycles. The van der Waals surface area contributed by atoms with Crippen molar-refractivity contribution in [2.24, 2.45) is 5.73 Å². The van der Waals surface area contributed by atoms with Gasteiger partial charge in [-0.15, -0.1) is 0 Å². The Balaban J connectivity index is 1.64. The van der Waals surface area contributed by atoms with Gasteiger partial charge in [-0.3, -0.25) is 9.89 Å². The number of amides is 1. The molecule has 0 fully saturated rings. The number of benzene rings is 1. The summed E-state index contributed by atoms with van der Waals surface area (Å²) in [7, 11) is 0. The molecule has 0 unspecified atom stereocenters. The van der Waals surface area contributed by atoms with E-state index in [-0.39, 0.29) is 11.9 Å². The standard InChI is InChI=1S/C16H15N5O/c17-13-4-2-9-7-10(1-3-11(9)13)16(22)20-14-5-6-18-15-12(14)8-19-21-15/h1,3,5-8,13H,2,4,17H2,(H2,18,19,20,21,22)/t13-/m0/s1. The predicted molar refractivity (Wildman–Crippen MR) is 83.5 cm³/mol. The number of carbonyl (C=O) groups excluding carboxylic acids is 1. The molecule has 0 spiro atoms. The van der Waals surface area contributed by atoms with E-state index in [1.807, 2.05) is 18.2 Å². The second-order valence-electron chi connectivity index (χ2n) is 5.50. The molecule has 1 aliphatic carbocycles. The van der Waals surface area contributed by atoms with E-state index in [4.69, 9.17) is 5.73 Å². The van der Waals surface area contributed by atoms with Gasteiger partial charge >= 0.3 is 0 Å². The van der Waals surface area contributed by atoms with Crippen LogP contribution in [0.15, 0.2) is 36.7 Å². The lowest BCUT2D eigenvalue weighted by Gasteiger charge is -2.09. The highest BCUT2D eigenvalue weighted by Crippen LogP contribution is 2.30. The Morgan fingerprint density at radius 2 is 2.27 bits per heavy atom. The first-order valence-corrected chi connectivity index (χ1v) is 7.20. The second kappa shape index (κ2) is 4.92. The van der Waals surface area contributed by atoms with Crippen LogP contribution in [0, 0.1) is 0 Å². The molecule has 6 heteroatoms. The molecule has 2 aromatic heterocycles. The maximum atomic E-state index is 12.5. The second-order valence-corrected chi connectivity index (χ2v) is 5.50. The number of pyridine rings is 1. The Kier molecular flexibility index (Phi) is 2.90. The van der Waals surface area contributed by atoms with Crippen LogP contribution in [0.5, 0.6) is 0 Å². The topological polar surface area (TPSA) is 96.7 Å². The van der Waals surface area contributed by atoms with E-state index in [2.05, 4.69) is 20.5 Å². The third kappa shape index (κ3) is 2.05. The average Bonchev–Trinajstić information content (AvgIpc) is 3.14. The van der Waals surface area contributed by atoms with Gasteiger partial charge in [-0.2, -0.15) is 5.10 Å². The summed E-state index contributed by atoms with van der Waals surface area (Å²) in [6.45, 7) is 0. The van der Waals surface area contributed by atoms with Crippen molar-refractivity contribution in [2.45, 2.75) is 18.9 Å². The van der Waals surface area contributed by atoms with Crippen LogP contribution in [0.3, 0.4) is 0 Å². The fourth-order valence-corrected chi connectivity index (χ4v) is 2.95. The molecule has 4 rings (SSSR count). The van der Waals surface area contributed by atoms with Gasteiger partial charge < -0.3 is 11.1 Å². The zero-order valence-corrected chi connectivity index (χ0v) is 11.8. The van der Waals surface area contributed by atoms with E-state index < -0.39 is 0 Å². The largest absolute Gasteiger partial charge is 0.324 e. The molecule has 1 amide bonds. The van der Waals surface area contributed by atoms with Crippen molar-refractivity contribution in [1.82, 2.24) is 15.2 Å². The first-order valence-electron chi connectivity index (χ1n) is 7.20. The van der Waals surface area contributed by atoms with Gasteiger partial charge in [0.05, 0.1) is 17.3 Å². The molecule has 6 nitrogen and oxygen atoms in total. The van der Waals surface area contributed by atoms with Gasteiger partial charge in [-0.05, 0) is 42.2 Å². The highest BCUT2D eigenvalue weighted by Gasteiger charge is 2.20. The molecule has 3 aromatic rings. The first kappa shape index (κ1) is 13.0. The third-order valence-corrected chi connectivity index (χ3v) is 4.13. The monoisotopic (exact) mass is 293 g/mol. The van der Waals surface area contributed by atoms with E-state index >= 15 is 0 Å². The fraction of sp³-hybridized carbons (Fsp3) is 0.188. The van der Waals surface area contributed by atoms with Gasteiger partial charge in [0.15, 0.2) is 5.65 Å². The van der Waals surface area contributed by atoms with Crippen molar-refractivity contribution < 1.29 is 4.79 Å². The molecule has 1 aliphatic rings. The van der Waals surface area contributed by atoms with Crippen LogP contribution in [-0.2, 0) is 6.42 Å². The minimum absolute atomic E-state index is 0.0952. The summed E-state index contributed by atoms with van der Waals surface area (Å²) in [5.74, 6) is -0.142. The van der Waals surface area contributed by atoms with Crippen molar-refractivity contribution in [1.29, 1.82) is 0 Å². The van der Waals surface area contributed by atoms with E-state index in [0.717, 1.165) is 23.8 Å². The molecule has 4 N–H and O–H groups in total. The maximum absolute atomic E-state index is 12.5. The molecule has 0 bridgehead atoms. The molecular formula is C16H15N5O. The number of aromatic nitrogens is 3. The van der Waals surface area contributed by atoms with Gasteiger partial charge in [0.1, 0.15) is 0 Å². The van der Waals surface area contributed by atoms with Gasteiger partial charge in [0.2, 0.25) is 0 Å². The van der Waals surface area contributed by atoms with Crippen LogP contribution in [0.4, 0.5) is 5.69 Å². The molecular weight excluding hydrogens is 278 g/mol. The lowest BCUT2D eigenvalue weighted by molar-refractivity contribution is 0.102. The normalized spacial score (nSPS) is 16.7. The van der Waals surface area contributed by atoms with Crippen LogP contribution in [0.2, 0.25) is 0 Å². The van der Waals surface area contributed by atoms with E-state index in [1.165, 1.54) is 5.56 Å². The molecule has 0 aliphatic heterocycles. The number of H-pyrrole nitrogens is 1. The van der Waals surface area contributed by atoms with Crippen molar-refractivity contribution in [3.05, 3.63) is 53.3 Å². The minimum atomic E-state index is -0.142. The van der Waals surface area contributed by atoms with E-state index in [0.29, 0.717) is 16.9 Å². The number of anilines is 1. The average molecular weight is 293 g/mol. The molecule has 22 heavy (non-hydrogen) atoms. The van der Waals surface area contributed by atoms with Gasteiger partial charge in [-0.25, -0.2) is 4.98 Å². The summed E-state index contributed by atoms with van der Waals surface area (Å²) in [4.78, 5) is 16.6. The highest BCUT2D eigenvalue weighted by molar-refractivity contribution is 6.08. The quantitative estimate of drug-likeness (QED) is 0.674. The molecule has 1 aromatic carbocycles. The molecule has 1 atom stereocenters. The van der Waals surface area contributed by atoms with Crippen LogP contribution < -0.4 is 11.1 Å². The Morgan fingerprint density at radius 1 is 1.36 bits per heavy atom. The van der Waals surface area contributed by atoms with E-state index in [1.54, 1.807) is 18.5 Å². The number of hydrogen-bond donors (Lipinski definition) is 3. The van der Waals surface area contributed by atoms with Crippen molar-refractivity contribution in [3.63, 3.8) is 0 Å². The number of carbonyl (C=O) groups is 1. The third-order valence-electron chi connectivity index (χ3n) is 4.13. The minimum Gasteiger partial charge on any atom is -0.324 e. The maximum Gasteiger partial charge on any atom is 0.255 e. The predicted octanol–water partition coefficient (Wildman–Crippen LogP) is 2.16. The molecule has 0 radical (unpaired) electrons. The summed E-state index contributed by atoms with van der Waals surface area (Å²) in [5, 5.41) is 10.4. The number of nitrogens with zero attached hydrogens (tertiary/aromatic N) is 2. The number of aryl methyl sites for hydroxylation is 1. The first-order chi connectivity index (χ1) is 10.7. The number of fused-ring (bicyclic) bond motifs is 2. The Bertz CT molecular complexity index is 870. The number of rotatable bonds is 2. The summed E-state index contributed by atoms with van der Waals surface area (Å²) in [5.41, 5.74) is 10.3. The fourth-order valence-electron chi connectivity index (χ4n) is 2.95. The van der Waals surface area contributed by atoms with Crippen molar-refractivity contribution in [2.75, 3.05) is 5.32 Å². The molecule has 110 valence electrons. The lowest BCUT2D eigenvalue weighted by atomic mass is 10.0.